The Labute approximate surface area is 174 Å². The van der Waals surface area contributed by atoms with Gasteiger partial charge in [0.05, 0.1) is 18.1 Å². The lowest BCUT2D eigenvalue weighted by molar-refractivity contribution is -0.138. The van der Waals surface area contributed by atoms with E-state index >= 15 is 0 Å². The molecule has 0 fully saturated rings. The molecule has 0 radical (unpaired) electrons. The molecule has 1 unspecified atom stereocenters. The summed E-state index contributed by atoms with van der Waals surface area (Å²) in [5.74, 6) is -0.406. The molecule has 4 nitrogen and oxygen atoms in total. The minimum atomic E-state index is -0.620. The summed E-state index contributed by atoms with van der Waals surface area (Å²) in [4.78, 5) is 11.4. The molecule has 1 aliphatic heterocycles. The molecular weight excluding hydrogens is 364 g/mol. The number of rotatable bonds is 10. The molecule has 4 heteroatoms. The number of hydrogen-bond donors (Lipinski definition) is 1. The number of furan rings is 1. The summed E-state index contributed by atoms with van der Waals surface area (Å²) in [5.41, 5.74) is 5.22. The van der Waals surface area contributed by atoms with Gasteiger partial charge in [0.25, 0.3) is 0 Å². The molecule has 1 atom stereocenters. The first-order valence-corrected chi connectivity index (χ1v) is 10.2. The number of hydrogen-bond acceptors (Lipinski definition) is 4. The summed E-state index contributed by atoms with van der Waals surface area (Å²) in [7, 11) is 0. The maximum absolute atomic E-state index is 11.4. The van der Waals surface area contributed by atoms with E-state index in [0.29, 0.717) is 5.57 Å². The Morgan fingerprint density at radius 3 is 2.62 bits per heavy atom. The van der Waals surface area contributed by atoms with Crippen molar-refractivity contribution in [2.75, 3.05) is 0 Å². The first-order chi connectivity index (χ1) is 13.9. The van der Waals surface area contributed by atoms with E-state index in [9.17, 15) is 9.90 Å². The monoisotopic (exact) mass is 396 g/mol. The van der Waals surface area contributed by atoms with Gasteiger partial charge in [-0.3, -0.25) is 0 Å². The minimum absolute atomic E-state index is 0.0313. The molecule has 0 aromatic carbocycles. The zero-order valence-electron chi connectivity index (χ0n) is 17.9. The van der Waals surface area contributed by atoms with Crippen molar-refractivity contribution in [3.8, 4) is 0 Å². The Hall–Kier alpha value is -2.75. The van der Waals surface area contributed by atoms with E-state index in [-0.39, 0.29) is 5.76 Å². The van der Waals surface area contributed by atoms with Crippen LogP contribution in [0.15, 0.2) is 81.4 Å². The Morgan fingerprint density at radius 2 is 1.97 bits per heavy atom. The van der Waals surface area contributed by atoms with Gasteiger partial charge in [-0.2, -0.15) is 0 Å². The van der Waals surface area contributed by atoms with Gasteiger partial charge in [0, 0.05) is 0 Å². The molecule has 29 heavy (non-hydrogen) atoms. The Kier molecular flexibility index (Phi) is 8.78. The fourth-order valence-corrected chi connectivity index (χ4v) is 3.10. The van der Waals surface area contributed by atoms with Crippen molar-refractivity contribution in [3.05, 3.63) is 82.6 Å². The van der Waals surface area contributed by atoms with E-state index in [1.54, 1.807) is 19.5 Å². The van der Waals surface area contributed by atoms with Crippen LogP contribution in [0, 0.1) is 0 Å². The van der Waals surface area contributed by atoms with Crippen molar-refractivity contribution in [1.29, 1.82) is 0 Å². The average Bonchev–Trinajstić information content (AvgIpc) is 3.27. The van der Waals surface area contributed by atoms with E-state index < -0.39 is 12.1 Å². The van der Waals surface area contributed by atoms with Crippen molar-refractivity contribution in [1.82, 2.24) is 0 Å². The number of carbonyl (C=O) groups is 1. The van der Waals surface area contributed by atoms with Crippen LogP contribution in [0.2, 0.25) is 0 Å². The topological polar surface area (TPSA) is 59.7 Å². The number of cyclic esters (lactones) is 1. The SMILES string of the molecule is CC(C=CC=C(C)CCCC(C)=CC1OC(=O)C(C)=C1O)=CCCc1ccoc1. The molecule has 0 amide bonds. The van der Waals surface area contributed by atoms with Crippen LogP contribution in [0.5, 0.6) is 0 Å². The molecule has 0 spiro atoms. The highest BCUT2D eigenvalue weighted by Gasteiger charge is 2.29. The van der Waals surface area contributed by atoms with Crippen LogP contribution in [0.25, 0.3) is 0 Å². The van der Waals surface area contributed by atoms with Crippen molar-refractivity contribution in [2.45, 2.75) is 65.9 Å². The third-order valence-electron chi connectivity index (χ3n) is 4.99. The van der Waals surface area contributed by atoms with Crippen LogP contribution >= 0.6 is 0 Å². The predicted molar refractivity (Wildman–Crippen MR) is 116 cm³/mol. The number of aryl methyl sites for hydroxylation is 1. The smallest absolute Gasteiger partial charge is 0.338 e. The van der Waals surface area contributed by atoms with Crippen LogP contribution in [0.4, 0.5) is 0 Å². The van der Waals surface area contributed by atoms with Crippen LogP contribution in [0.3, 0.4) is 0 Å². The van der Waals surface area contributed by atoms with Gasteiger partial charge in [-0.25, -0.2) is 4.79 Å². The summed E-state index contributed by atoms with van der Waals surface area (Å²) in [5, 5.41) is 9.90. The van der Waals surface area contributed by atoms with Gasteiger partial charge in [0.15, 0.2) is 6.10 Å². The average molecular weight is 397 g/mol. The van der Waals surface area contributed by atoms with Crippen molar-refractivity contribution < 1.29 is 19.1 Å². The second-order valence-electron chi connectivity index (χ2n) is 7.69. The van der Waals surface area contributed by atoms with E-state index in [0.717, 1.165) is 37.7 Å². The fourth-order valence-electron chi connectivity index (χ4n) is 3.10. The first-order valence-electron chi connectivity index (χ1n) is 10.2. The summed E-state index contributed by atoms with van der Waals surface area (Å²) >= 11 is 0. The van der Waals surface area contributed by atoms with Crippen molar-refractivity contribution in [3.63, 3.8) is 0 Å². The first kappa shape index (κ1) is 22.5. The van der Waals surface area contributed by atoms with Gasteiger partial charge in [-0.15, -0.1) is 0 Å². The highest BCUT2D eigenvalue weighted by Crippen LogP contribution is 2.23. The number of esters is 1. The largest absolute Gasteiger partial charge is 0.507 e. The van der Waals surface area contributed by atoms with Crippen LogP contribution < -0.4 is 0 Å². The van der Waals surface area contributed by atoms with Crippen LogP contribution in [-0.2, 0) is 16.0 Å². The van der Waals surface area contributed by atoms with Gasteiger partial charge in [0.2, 0.25) is 0 Å². The molecule has 1 aromatic rings. The van der Waals surface area contributed by atoms with Gasteiger partial charge in [0.1, 0.15) is 5.76 Å². The van der Waals surface area contributed by atoms with Crippen LogP contribution in [-0.4, -0.2) is 17.2 Å². The van der Waals surface area contributed by atoms with E-state index in [4.69, 9.17) is 9.15 Å². The lowest BCUT2D eigenvalue weighted by Gasteiger charge is -2.08. The quantitative estimate of drug-likeness (QED) is 0.277. The lowest BCUT2D eigenvalue weighted by atomic mass is 10.0. The molecule has 0 saturated heterocycles. The summed E-state index contributed by atoms with van der Waals surface area (Å²) in [6.07, 6.45) is 18.3. The Balaban J connectivity index is 1.70. The number of aliphatic hydroxyl groups excluding tert-OH is 1. The molecule has 0 aliphatic carbocycles. The Morgan fingerprint density at radius 1 is 1.21 bits per heavy atom. The summed E-state index contributed by atoms with van der Waals surface area (Å²) in [6.45, 7) is 7.84. The highest BCUT2D eigenvalue weighted by atomic mass is 16.6. The van der Waals surface area contributed by atoms with Gasteiger partial charge in [-0.1, -0.05) is 41.0 Å². The van der Waals surface area contributed by atoms with E-state index in [1.807, 2.05) is 19.1 Å². The maximum atomic E-state index is 11.4. The third kappa shape index (κ3) is 7.65. The molecule has 0 saturated carbocycles. The Bertz CT molecular complexity index is 832. The highest BCUT2D eigenvalue weighted by molar-refractivity contribution is 5.91. The number of carbonyl (C=O) groups excluding carboxylic acids is 1. The molecule has 1 aromatic heterocycles. The third-order valence-corrected chi connectivity index (χ3v) is 4.99. The van der Waals surface area contributed by atoms with Gasteiger partial charge >= 0.3 is 5.97 Å². The summed E-state index contributed by atoms with van der Waals surface area (Å²) < 4.78 is 10.2. The molecule has 1 aliphatic rings. The second kappa shape index (κ2) is 11.3. The zero-order chi connectivity index (χ0) is 21.2. The molecule has 0 bridgehead atoms. The lowest BCUT2D eigenvalue weighted by Crippen LogP contribution is -2.08. The van der Waals surface area contributed by atoms with E-state index in [2.05, 4.69) is 38.2 Å². The van der Waals surface area contributed by atoms with Gasteiger partial charge < -0.3 is 14.3 Å². The van der Waals surface area contributed by atoms with Crippen molar-refractivity contribution in [2.24, 2.45) is 0 Å². The standard InChI is InChI=1S/C25H32O4/c1-18(8-5-9-19(2)11-7-13-22-14-15-28-17-22)10-6-12-20(3)16-23-24(26)21(4)25(27)29-23/h5,8-9,11,14-17,23,26H,6-7,10,12-13H2,1-4H3. The van der Waals surface area contributed by atoms with E-state index in [1.165, 1.54) is 16.7 Å². The molecule has 156 valence electrons. The predicted octanol–water partition coefficient (Wildman–Crippen LogP) is 6.54. The number of allylic oxidation sites excluding steroid dienone is 7. The maximum Gasteiger partial charge on any atom is 0.338 e. The van der Waals surface area contributed by atoms with Crippen LogP contribution in [0.1, 0.15) is 58.9 Å². The molecule has 2 heterocycles. The normalized spacial score (nSPS) is 18.8. The molecular formula is C25H32O4. The fraction of sp³-hybridized carbons (Fsp3) is 0.400. The van der Waals surface area contributed by atoms with Gasteiger partial charge in [-0.05, 0) is 77.5 Å². The van der Waals surface area contributed by atoms with Crippen molar-refractivity contribution >= 4 is 5.97 Å². The molecule has 2 rings (SSSR count). The summed E-state index contributed by atoms with van der Waals surface area (Å²) in [6, 6.07) is 2.00. The zero-order valence-corrected chi connectivity index (χ0v) is 17.9. The minimum Gasteiger partial charge on any atom is -0.507 e. The number of aliphatic hydroxyl groups is 1. The molecule has 1 N–H and O–H groups in total. The number of ether oxygens (including phenoxy) is 1. The second-order valence-corrected chi connectivity index (χ2v) is 7.69.